The minimum absolute atomic E-state index is 0.545. The fourth-order valence-corrected chi connectivity index (χ4v) is 3.67. The van der Waals surface area contributed by atoms with Gasteiger partial charge in [-0.3, -0.25) is 4.99 Å². The maximum Gasteiger partial charge on any atom is 0.161 e. The van der Waals surface area contributed by atoms with E-state index in [-0.39, 0.29) is 0 Å². The molecule has 0 radical (unpaired) electrons. The van der Waals surface area contributed by atoms with Crippen molar-refractivity contribution in [1.82, 2.24) is 9.78 Å². The molecule has 1 aromatic heterocycles. The van der Waals surface area contributed by atoms with Crippen LogP contribution in [0.2, 0.25) is 0 Å². The molecule has 4 rings (SSSR count). The van der Waals surface area contributed by atoms with Crippen molar-refractivity contribution in [2.24, 2.45) is 4.99 Å². The van der Waals surface area contributed by atoms with Crippen molar-refractivity contribution in [3.8, 4) is 28.4 Å². The molecule has 0 fully saturated rings. The van der Waals surface area contributed by atoms with Crippen LogP contribution in [-0.2, 0) is 0 Å². The van der Waals surface area contributed by atoms with Crippen LogP contribution < -0.4 is 9.47 Å². The van der Waals surface area contributed by atoms with Crippen LogP contribution in [0.25, 0.3) is 16.9 Å². The number of methoxy groups -OCH3 is 2. The Balaban J connectivity index is 1.73. The van der Waals surface area contributed by atoms with Gasteiger partial charge in [0.1, 0.15) is 5.69 Å². The average Bonchev–Trinajstić information content (AvgIpc) is 3.31. The van der Waals surface area contributed by atoms with Gasteiger partial charge in [0.2, 0.25) is 0 Å². The zero-order chi connectivity index (χ0) is 23.2. The van der Waals surface area contributed by atoms with Gasteiger partial charge in [-0.2, -0.15) is 5.10 Å². The predicted octanol–water partition coefficient (Wildman–Crippen LogP) is 6.82. The fraction of sp³-hybridized carbons (Fsp3) is 0.214. The summed E-state index contributed by atoms with van der Waals surface area (Å²) < 4.78 is 12.8. The maximum absolute atomic E-state index is 5.51. The van der Waals surface area contributed by atoms with Gasteiger partial charge < -0.3 is 9.47 Å². The van der Waals surface area contributed by atoms with Gasteiger partial charge in [0.25, 0.3) is 0 Å². The molecule has 0 amide bonds. The first-order chi connectivity index (χ1) is 16.1. The van der Waals surface area contributed by atoms with E-state index in [0.717, 1.165) is 34.6 Å². The summed E-state index contributed by atoms with van der Waals surface area (Å²) in [6.45, 7) is 4.45. The summed E-state index contributed by atoms with van der Waals surface area (Å²) in [5.74, 6) is 1.89. The van der Waals surface area contributed by atoms with E-state index < -0.39 is 0 Å². The SMILES string of the molecule is CCC(C)c1ccc(N=Cc2cn(-c3ccccc3)nc2-c2ccc(OC)c(OC)c2)cc1. The Hall–Kier alpha value is -3.86. The van der Waals surface area contributed by atoms with Crippen LogP contribution in [0.4, 0.5) is 5.69 Å². The third-order valence-corrected chi connectivity index (χ3v) is 5.85. The van der Waals surface area contributed by atoms with Gasteiger partial charge in [0.05, 0.1) is 25.6 Å². The Kier molecular flexibility index (Phi) is 6.89. The number of rotatable bonds is 8. The molecule has 0 bridgehead atoms. The van der Waals surface area contributed by atoms with Crippen LogP contribution in [0.15, 0.2) is 84.0 Å². The molecule has 3 aromatic carbocycles. The van der Waals surface area contributed by atoms with E-state index in [1.807, 2.05) is 65.6 Å². The Bertz CT molecular complexity index is 1230. The van der Waals surface area contributed by atoms with E-state index in [4.69, 9.17) is 19.6 Å². The summed E-state index contributed by atoms with van der Waals surface area (Å²) in [6, 6.07) is 24.3. The molecule has 1 unspecified atom stereocenters. The normalized spacial score (nSPS) is 12.1. The summed E-state index contributed by atoms with van der Waals surface area (Å²) >= 11 is 0. The molecular weight excluding hydrogens is 410 g/mol. The zero-order valence-electron chi connectivity index (χ0n) is 19.5. The number of para-hydroxylation sites is 1. The van der Waals surface area contributed by atoms with E-state index in [2.05, 4.69) is 38.1 Å². The molecule has 0 saturated heterocycles. The number of aliphatic imine (C=N–C) groups is 1. The van der Waals surface area contributed by atoms with Crippen molar-refractivity contribution in [1.29, 1.82) is 0 Å². The highest BCUT2D eigenvalue weighted by molar-refractivity contribution is 5.90. The second-order valence-corrected chi connectivity index (χ2v) is 7.94. The largest absolute Gasteiger partial charge is 0.493 e. The summed E-state index contributed by atoms with van der Waals surface area (Å²) in [4.78, 5) is 4.74. The summed E-state index contributed by atoms with van der Waals surface area (Å²) in [7, 11) is 3.27. The molecule has 0 aliphatic rings. The molecule has 1 atom stereocenters. The smallest absolute Gasteiger partial charge is 0.161 e. The van der Waals surface area contributed by atoms with Crippen LogP contribution in [0.5, 0.6) is 11.5 Å². The van der Waals surface area contributed by atoms with Gasteiger partial charge in [-0.15, -0.1) is 0 Å². The first kappa shape index (κ1) is 22.3. The lowest BCUT2D eigenvalue weighted by atomic mass is 9.99. The number of benzene rings is 3. The van der Waals surface area contributed by atoms with Crippen molar-refractivity contribution in [3.05, 3.63) is 90.1 Å². The Morgan fingerprint density at radius 3 is 2.33 bits per heavy atom. The van der Waals surface area contributed by atoms with Crippen LogP contribution in [0, 0.1) is 0 Å². The number of nitrogens with zero attached hydrogens (tertiary/aromatic N) is 3. The lowest BCUT2D eigenvalue weighted by molar-refractivity contribution is 0.355. The first-order valence-electron chi connectivity index (χ1n) is 11.1. The predicted molar refractivity (Wildman–Crippen MR) is 135 cm³/mol. The lowest BCUT2D eigenvalue weighted by Crippen LogP contribution is -1.95. The summed E-state index contributed by atoms with van der Waals surface area (Å²) in [5, 5.41) is 4.87. The Morgan fingerprint density at radius 2 is 1.67 bits per heavy atom. The molecule has 0 saturated carbocycles. The third kappa shape index (κ3) is 4.98. The first-order valence-corrected chi connectivity index (χ1v) is 11.1. The summed E-state index contributed by atoms with van der Waals surface area (Å²) in [5.41, 5.74) is 5.89. The molecule has 5 heteroatoms. The molecule has 0 spiro atoms. The van der Waals surface area contributed by atoms with Gasteiger partial charge >= 0.3 is 0 Å². The average molecular weight is 440 g/mol. The van der Waals surface area contributed by atoms with Crippen molar-refractivity contribution in [2.45, 2.75) is 26.2 Å². The van der Waals surface area contributed by atoms with Crippen LogP contribution in [0.1, 0.15) is 37.3 Å². The van der Waals surface area contributed by atoms with Gasteiger partial charge in [0.15, 0.2) is 11.5 Å². The van der Waals surface area contributed by atoms with Crippen molar-refractivity contribution >= 4 is 11.9 Å². The number of aromatic nitrogens is 2. The van der Waals surface area contributed by atoms with E-state index in [9.17, 15) is 0 Å². The van der Waals surface area contributed by atoms with Crippen LogP contribution >= 0.6 is 0 Å². The third-order valence-electron chi connectivity index (χ3n) is 5.85. The number of hydrogen-bond acceptors (Lipinski definition) is 4. The second kappa shape index (κ2) is 10.2. The van der Waals surface area contributed by atoms with Crippen molar-refractivity contribution in [3.63, 3.8) is 0 Å². The van der Waals surface area contributed by atoms with E-state index >= 15 is 0 Å². The zero-order valence-corrected chi connectivity index (χ0v) is 19.5. The lowest BCUT2D eigenvalue weighted by Gasteiger charge is -2.09. The van der Waals surface area contributed by atoms with Gasteiger partial charge in [0, 0.05) is 23.5 Å². The second-order valence-electron chi connectivity index (χ2n) is 7.94. The maximum atomic E-state index is 5.51. The topological polar surface area (TPSA) is 48.6 Å². The number of hydrogen-bond donors (Lipinski definition) is 0. The minimum Gasteiger partial charge on any atom is -0.493 e. The van der Waals surface area contributed by atoms with Gasteiger partial charge in [-0.25, -0.2) is 4.68 Å². The number of ether oxygens (including phenoxy) is 2. The van der Waals surface area contributed by atoms with Gasteiger partial charge in [-0.05, 0) is 60.4 Å². The Labute approximate surface area is 195 Å². The standard InChI is InChI=1S/C28H29N3O2/c1-5-20(2)21-11-14-24(15-12-21)29-18-23-19-31(25-9-7-6-8-10-25)30-28(23)22-13-16-26(32-3)27(17-22)33-4/h6-20H,5H2,1-4H3. The molecule has 4 aromatic rings. The molecule has 0 aliphatic carbocycles. The van der Waals surface area contributed by atoms with E-state index in [1.54, 1.807) is 14.2 Å². The Morgan fingerprint density at radius 1 is 0.939 bits per heavy atom. The van der Waals surface area contributed by atoms with Crippen LogP contribution in [-0.4, -0.2) is 30.2 Å². The molecule has 0 N–H and O–H groups in total. The van der Waals surface area contributed by atoms with E-state index in [0.29, 0.717) is 17.4 Å². The molecule has 33 heavy (non-hydrogen) atoms. The highest BCUT2D eigenvalue weighted by Crippen LogP contribution is 2.33. The van der Waals surface area contributed by atoms with Crippen molar-refractivity contribution < 1.29 is 9.47 Å². The quantitative estimate of drug-likeness (QED) is 0.283. The van der Waals surface area contributed by atoms with Crippen molar-refractivity contribution in [2.75, 3.05) is 14.2 Å². The monoisotopic (exact) mass is 439 g/mol. The fourth-order valence-electron chi connectivity index (χ4n) is 3.67. The summed E-state index contributed by atoms with van der Waals surface area (Å²) in [6.07, 6.45) is 4.99. The molecule has 0 aliphatic heterocycles. The molecule has 5 nitrogen and oxygen atoms in total. The molecule has 1 heterocycles. The molecular formula is C28H29N3O2. The highest BCUT2D eigenvalue weighted by atomic mass is 16.5. The molecule has 168 valence electrons. The highest BCUT2D eigenvalue weighted by Gasteiger charge is 2.14. The van der Waals surface area contributed by atoms with Crippen LogP contribution in [0.3, 0.4) is 0 Å². The van der Waals surface area contributed by atoms with E-state index in [1.165, 1.54) is 5.56 Å². The minimum atomic E-state index is 0.545. The van der Waals surface area contributed by atoms with Gasteiger partial charge in [-0.1, -0.05) is 44.2 Å².